The molecule has 8 heteroatoms. The molecule has 6 nitrogen and oxygen atoms in total. The zero-order valence-corrected chi connectivity index (χ0v) is 13.7. The van der Waals surface area contributed by atoms with Gasteiger partial charge in [0.05, 0.1) is 17.4 Å². The van der Waals surface area contributed by atoms with Crippen molar-refractivity contribution in [2.45, 2.75) is 29.4 Å². The van der Waals surface area contributed by atoms with E-state index < -0.39 is 0 Å². The molecule has 0 aliphatic rings. The summed E-state index contributed by atoms with van der Waals surface area (Å²) in [5.41, 5.74) is 1.39. The third-order valence-corrected chi connectivity index (χ3v) is 4.63. The van der Waals surface area contributed by atoms with Crippen molar-refractivity contribution in [1.29, 1.82) is 10.7 Å². The number of nitrogens with zero attached hydrogens (tertiary/aromatic N) is 4. The zero-order valence-electron chi connectivity index (χ0n) is 12.1. The van der Waals surface area contributed by atoms with Crippen LogP contribution in [0.1, 0.15) is 12.8 Å². The average Bonchev–Trinajstić information content (AvgIpc) is 2.97. The predicted molar refractivity (Wildman–Crippen MR) is 88.2 cm³/mol. The van der Waals surface area contributed by atoms with Crippen molar-refractivity contribution < 1.29 is 0 Å². The first-order chi connectivity index (χ1) is 11.2. The van der Waals surface area contributed by atoms with Crippen molar-refractivity contribution in [1.82, 2.24) is 19.5 Å². The number of hydrogen-bond donors (Lipinski definition) is 2. The van der Waals surface area contributed by atoms with Crippen LogP contribution < -0.4 is 5.49 Å². The lowest BCUT2D eigenvalue weighted by Crippen LogP contribution is -2.12. The minimum atomic E-state index is 0.148. The molecule has 0 unspecified atom stereocenters. The van der Waals surface area contributed by atoms with Gasteiger partial charge in [0, 0.05) is 17.9 Å². The number of halogens is 1. The maximum Gasteiger partial charge on any atom is 0.173 e. The van der Waals surface area contributed by atoms with Crippen molar-refractivity contribution in [2.75, 3.05) is 0 Å². The molecule has 0 amide bonds. The van der Waals surface area contributed by atoms with E-state index in [1.54, 1.807) is 6.33 Å². The van der Waals surface area contributed by atoms with Crippen LogP contribution in [0.4, 0.5) is 0 Å². The number of nitriles is 1. The molecule has 0 aliphatic carbocycles. The molecule has 3 aromatic rings. The van der Waals surface area contributed by atoms with E-state index in [9.17, 15) is 0 Å². The minimum Gasteiger partial charge on any atom is -0.328 e. The smallest absolute Gasteiger partial charge is 0.173 e. The Morgan fingerprint density at radius 2 is 2.22 bits per heavy atom. The Morgan fingerprint density at radius 1 is 1.39 bits per heavy atom. The standard InChI is InChI=1S/C15H13ClN6S/c16-10-5-1-2-6-11(10)23-15-20-12-13(18)19-9-22(14(12)21-15)8-4-3-7-17/h1-2,5-6,9,18H,3-4,8H2,(H,20,21). The van der Waals surface area contributed by atoms with E-state index in [2.05, 4.69) is 21.0 Å². The summed E-state index contributed by atoms with van der Waals surface area (Å²) in [5, 5.41) is 17.9. The van der Waals surface area contributed by atoms with Gasteiger partial charge in [-0.25, -0.2) is 9.97 Å². The summed E-state index contributed by atoms with van der Waals surface area (Å²) < 4.78 is 1.86. The first-order valence-corrected chi connectivity index (χ1v) is 8.17. The predicted octanol–water partition coefficient (Wildman–Crippen LogP) is 3.35. The lowest BCUT2D eigenvalue weighted by atomic mass is 10.3. The van der Waals surface area contributed by atoms with Gasteiger partial charge in [-0.15, -0.1) is 0 Å². The highest BCUT2D eigenvalue weighted by molar-refractivity contribution is 7.99. The molecular weight excluding hydrogens is 332 g/mol. The van der Waals surface area contributed by atoms with Gasteiger partial charge < -0.3 is 9.55 Å². The largest absolute Gasteiger partial charge is 0.328 e. The van der Waals surface area contributed by atoms with Crippen LogP contribution in [0.25, 0.3) is 11.2 Å². The highest BCUT2D eigenvalue weighted by atomic mass is 35.5. The molecule has 116 valence electrons. The summed E-state index contributed by atoms with van der Waals surface area (Å²) in [6.45, 7) is 0.637. The molecule has 2 heterocycles. The summed E-state index contributed by atoms with van der Waals surface area (Å²) in [5.74, 6) is 0. The van der Waals surface area contributed by atoms with Gasteiger partial charge in [-0.3, -0.25) is 5.41 Å². The number of rotatable bonds is 5. The Kier molecular flexibility index (Phi) is 4.65. The summed E-state index contributed by atoms with van der Waals surface area (Å²) >= 11 is 7.58. The molecule has 0 radical (unpaired) electrons. The Labute approximate surface area is 141 Å². The molecule has 0 fully saturated rings. The number of aromatic amines is 1. The van der Waals surface area contributed by atoms with Crippen molar-refractivity contribution in [3.63, 3.8) is 0 Å². The highest BCUT2D eigenvalue weighted by Crippen LogP contribution is 2.31. The van der Waals surface area contributed by atoms with Gasteiger partial charge in [-0.2, -0.15) is 5.26 Å². The van der Waals surface area contributed by atoms with Gasteiger partial charge in [0.2, 0.25) is 0 Å². The molecule has 0 saturated heterocycles. The van der Waals surface area contributed by atoms with E-state index in [-0.39, 0.29) is 5.49 Å². The second-order valence-electron chi connectivity index (χ2n) is 4.82. The first kappa shape index (κ1) is 15.6. The molecular formula is C15H13ClN6S. The maximum atomic E-state index is 8.65. The van der Waals surface area contributed by atoms with Crippen molar-refractivity contribution in [2.24, 2.45) is 0 Å². The zero-order chi connectivity index (χ0) is 16.2. The Hall–Kier alpha value is -2.30. The lowest BCUT2D eigenvalue weighted by Gasteiger charge is -2.04. The first-order valence-electron chi connectivity index (χ1n) is 6.98. The van der Waals surface area contributed by atoms with Gasteiger partial charge in [0.1, 0.15) is 5.52 Å². The number of imidazole rings is 1. The fourth-order valence-corrected chi connectivity index (χ4v) is 3.19. The molecule has 1 aromatic carbocycles. The van der Waals surface area contributed by atoms with Crippen LogP contribution in [0.2, 0.25) is 5.02 Å². The van der Waals surface area contributed by atoms with Gasteiger partial charge in [-0.05, 0) is 18.6 Å². The van der Waals surface area contributed by atoms with Crippen LogP contribution >= 0.6 is 23.4 Å². The Bertz CT molecular complexity index is 939. The topological polar surface area (TPSA) is 94.1 Å². The molecule has 2 aromatic heterocycles. The summed E-state index contributed by atoms with van der Waals surface area (Å²) in [6.07, 6.45) is 2.78. The molecule has 0 atom stereocenters. The van der Waals surface area contributed by atoms with Crippen LogP contribution in [0.5, 0.6) is 0 Å². The SMILES string of the molecule is N#CCCCn1cnc(=N)c2[nH]c(Sc3ccccc3Cl)nc21. The lowest BCUT2D eigenvalue weighted by molar-refractivity contribution is 0.651. The van der Waals surface area contributed by atoms with E-state index in [1.165, 1.54) is 11.8 Å². The van der Waals surface area contributed by atoms with E-state index in [4.69, 9.17) is 22.3 Å². The number of nitrogens with one attached hydrogen (secondary N) is 2. The van der Waals surface area contributed by atoms with E-state index >= 15 is 0 Å². The van der Waals surface area contributed by atoms with Crippen LogP contribution in [0, 0.1) is 16.7 Å². The number of aromatic nitrogens is 4. The maximum absolute atomic E-state index is 8.65. The van der Waals surface area contributed by atoms with Gasteiger partial charge in [0.25, 0.3) is 0 Å². The summed E-state index contributed by atoms with van der Waals surface area (Å²) in [6, 6.07) is 9.65. The van der Waals surface area contributed by atoms with Crippen molar-refractivity contribution in [3.8, 4) is 6.07 Å². The number of unbranched alkanes of at least 4 members (excludes halogenated alkanes) is 1. The van der Waals surface area contributed by atoms with Gasteiger partial charge >= 0.3 is 0 Å². The van der Waals surface area contributed by atoms with Crippen molar-refractivity contribution in [3.05, 3.63) is 41.1 Å². The second-order valence-corrected chi connectivity index (χ2v) is 6.26. The normalized spacial score (nSPS) is 10.8. The van der Waals surface area contributed by atoms with E-state index in [0.29, 0.717) is 34.3 Å². The molecule has 0 spiro atoms. The molecule has 0 saturated carbocycles. The van der Waals surface area contributed by atoms with E-state index in [1.807, 2.05) is 28.8 Å². The summed E-state index contributed by atoms with van der Waals surface area (Å²) in [7, 11) is 0. The second kappa shape index (κ2) is 6.86. The monoisotopic (exact) mass is 344 g/mol. The highest BCUT2D eigenvalue weighted by Gasteiger charge is 2.11. The molecule has 23 heavy (non-hydrogen) atoms. The molecule has 3 rings (SSSR count). The van der Waals surface area contributed by atoms with Gasteiger partial charge in [-0.1, -0.05) is 35.5 Å². The number of hydrogen-bond acceptors (Lipinski definition) is 5. The van der Waals surface area contributed by atoms with Crippen LogP contribution in [-0.4, -0.2) is 19.5 Å². The van der Waals surface area contributed by atoms with E-state index in [0.717, 1.165) is 11.3 Å². The number of benzene rings is 1. The average molecular weight is 345 g/mol. The Morgan fingerprint density at radius 3 is 3.00 bits per heavy atom. The Balaban J connectivity index is 1.96. The van der Waals surface area contributed by atoms with Crippen LogP contribution in [0.3, 0.4) is 0 Å². The number of aryl methyl sites for hydroxylation is 1. The van der Waals surface area contributed by atoms with Crippen molar-refractivity contribution >= 4 is 34.5 Å². The summed E-state index contributed by atoms with van der Waals surface area (Å²) in [4.78, 5) is 12.6. The third-order valence-electron chi connectivity index (χ3n) is 3.23. The van der Waals surface area contributed by atoms with Gasteiger partial charge in [0.15, 0.2) is 16.3 Å². The fraction of sp³-hybridized carbons (Fsp3) is 0.200. The number of fused-ring (bicyclic) bond motifs is 1. The minimum absolute atomic E-state index is 0.148. The molecule has 2 N–H and O–H groups in total. The fourth-order valence-electron chi connectivity index (χ4n) is 2.13. The van der Waals surface area contributed by atoms with Crippen LogP contribution in [0.15, 0.2) is 40.6 Å². The van der Waals surface area contributed by atoms with Crippen LogP contribution in [-0.2, 0) is 6.54 Å². The quantitative estimate of drug-likeness (QED) is 0.694. The third kappa shape index (κ3) is 3.38. The molecule has 0 aliphatic heterocycles. The molecule has 0 bridgehead atoms. The number of H-pyrrole nitrogens is 1.